The predicted molar refractivity (Wildman–Crippen MR) is 70.0 cm³/mol. The molecule has 0 radical (unpaired) electrons. The van der Waals surface area contributed by atoms with Gasteiger partial charge in [0.25, 0.3) is 11.8 Å². The molecule has 5 nitrogen and oxygen atoms in total. The molecule has 0 aromatic carbocycles. The van der Waals surface area contributed by atoms with E-state index in [-0.39, 0.29) is 5.02 Å². The number of anilines is 1. The lowest BCUT2D eigenvalue weighted by Crippen LogP contribution is -2.34. The lowest BCUT2D eigenvalue weighted by molar-refractivity contribution is -0.120. The molecule has 1 aromatic rings. The van der Waals surface area contributed by atoms with Crippen LogP contribution in [0.4, 0.5) is 10.2 Å². The van der Waals surface area contributed by atoms with E-state index < -0.39 is 28.9 Å². The second-order valence-electron chi connectivity index (χ2n) is 4.74. The van der Waals surface area contributed by atoms with Crippen LogP contribution in [0.1, 0.15) is 25.7 Å². The van der Waals surface area contributed by atoms with Crippen molar-refractivity contribution in [3.05, 3.63) is 38.4 Å². The van der Waals surface area contributed by atoms with Crippen LogP contribution in [0.5, 0.6) is 0 Å². The highest BCUT2D eigenvalue weighted by Crippen LogP contribution is 2.35. The van der Waals surface area contributed by atoms with Crippen LogP contribution in [0.2, 0.25) is 5.02 Å². The van der Waals surface area contributed by atoms with E-state index in [1.54, 1.807) is 0 Å². The Bertz CT molecular complexity index is 695. The van der Waals surface area contributed by atoms with E-state index in [2.05, 4.69) is 4.98 Å². The van der Waals surface area contributed by atoms with Gasteiger partial charge in [-0.2, -0.15) is 4.39 Å². The van der Waals surface area contributed by atoms with Crippen molar-refractivity contribution in [2.75, 3.05) is 4.90 Å². The molecule has 2 amide bonds. The Morgan fingerprint density at radius 2 is 1.65 bits per heavy atom. The Morgan fingerprint density at radius 3 is 2.20 bits per heavy atom. The summed E-state index contributed by atoms with van der Waals surface area (Å²) in [6.07, 6.45) is 3.74. The first-order chi connectivity index (χ1) is 9.52. The molecule has 20 heavy (non-hydrogen) atoms. The number of H-pyrrole nitrogens is 1. The summed E-state index contributed by atoms with van der Waals surface area (Å²) in [6, 6.07) is 0. The van der Waals surface area contributed by atoms with E-state index in [0.717, 1.165) is 19.0 Å². The highest BCUT2D eigenvalue weighted by Gasteiger charge is 2.41. The lowest BCUT2D eigenvalue weighted by atomic mass is 9.93. The number of nitrogens with one attached hydrogen (secondary N) is 1. The number of hydrogen-bond donors (Lipinski definition) is 1. The van der Waals surface area contributed by atoms with E-state index in [9.17, 15) is 18.8 Å². The Balaban J connectivity index is 2.10. The molecule has 0 saturated heterocycles. The van der Waals surface area contributed by atoms with Crippen molar-refractivity contribution >= 4 is 29.2 Å². The number of nitrogens with zero attached hydrogens (tertiary/aromatic N) is 1. The first-order valence-corrected chi connectivity index (χ1v) is 6.57. The van der Waals surface area contributed by atoms with Gasteiger partial charge in [-0.3, -0.25) is 14.4 Å². The molecule has 1 N–H and O–H groups in total. The van der Waals surface area contributed by atoms with Crippen molar-refractivity contribution in [2.45, 2.75) is 25.7 Å². The molecule has 1 aromatic heterocycles. The number of hydrogen-bond acceptors (Lipinski definition) is 3. The maximum Gasteiger partial charge on any atom is 0.262 e. The Hall–Kier alpha value is -1.95. The quantitative estimate of drug-likeness (QED) is 0.805. The standard InChI is InChI=1S/C13H10ClFN2O3/c14-8-5-16-11(9(15)10(8)18)17-12(19)6-3-1-2-4-7(6)13(17)20/h5H,1-4H2,(H,16,18). The van der Waals surface area contributed by atoms with Crippen molar-refractivity contribution in [1.29, 1.82) is 0 Å². The molecule has 1 aliphatic carbocycles. The minimum absolute atomic E-state index is 0.330. The number of halogens is 2. The molecule has 3 rings (SSSR count). The van der Waals surface area contributed by atoms with Crippen molar-refractivity contribution in [1.82, 2.24) is 4.98 Å². The third kappa shape index (κ3) is 1.71. The molecule has 0 saturated carbocycles. The molecule has 0 atom stereocenters. The van der Waals surface area contributed by atoms with Crippen molar-refractivity contribution in [3.63, 3.8) is 0 Å². The summed E-state index contributed by atoms with van der Waals surface area (Å²) in [4.78, 5) is 39.0. The van der Waals surface area contributed by atoms with Crippen LogP contribution in [-0.4, -0.2) is 16.8 Å². The maximum atomic E-state index is 13.9. The third-order valence-corrected chi connectivity index (χ3v) is 3.85. The Morgan fingerprint density at radius 1 is 1.10 bits per heavy atom. The topological polar surface area (TPSA) is 70.2 Å². The van der Waals surface area contributed by atoms with Crippen molar-refractivity contribution in [3.8, 4) is 0 Å². The summed E-state index contributed by atoms with van der Waals surface area (Å²) in [5, 5.41) is -0.330. The van der Waals surface area contributed by atoms with Crippen molar-refractivity contribution in [2.24, 2.45) is 0 Å². The normalized spacial score (nSPS) is 18.8. The van der Waals surface area contributed by atoms with Crippen LogP contribution >= 0.6 is 11.6 Å². The molecule has 1 aliphatic heterocycles. The van der Waals surface area contributed by atoms with Crippen LogP contribution < -0.4 is 10.3 Å². The molecular formula is C13H10ClFN2O3. The second-order valence-corrected chi connectivity index (χ2v) is 5.15. The zero-order valence-corrected chi connectivity index (χ0v) is 11.1. The summed E-state index contributed by atoms with van der Waals surface area (Å²) in [5.74, 6) is -2.77. The highest BCUT2D eigenvalue weighted by molar-refractivity contribution is 6.33. The average Bonchev–Trinajstić information content (AvgIpc) is 2.70. The summed E-state index contributed by atoms with van der Waals surface area (Å²) in [5.41, 5.74) is -0.182. The van der Waals surface area contributed by atoms with Gasteiger partial charge in [0, 0.05) is 17.3 Å². The molecule has 0 spiro atoms. The number of aromatic amines is 1. The summed E-state index contributed by atoms with van der Waals surface area (Å²) >= 11 is 5.50. The van der Waals surface area contributed by atoms with Gasteiger partial charge in [-0.15, -0.1) is 0 Å². The van der Waals surface area contributed by atoms with Crippen LogP contribution in [0.3, 0.4) is 0 Å². The fraction of sp³-hybridized carbons (Fsp3) is 0.308. The van der Waals surface area contributed by atoms with Gasteiger partial charge in [-0.1, -0.05) is 11.6 Å². The van der Waals surface area contributed by atoms with E-state index >= 15 is 0 Å². The van der Waals surface area contributed by atoms with E-state index in [4.69, 9.17) is 11.6 Å². The van der Waals surface area contributed by atoms with Gasteiger partial charge in [0.15, 0.2) is 5.82 Å². The Kier molecular flexibility index (Phi) is 2.97. The van der Waals surface area contributed by atoms with E-state index in [1.165, 1.54) is 0 Å². The number of rotatable bonds is 1. The van der Waals surface area contributed by atoms with Gasteiger partial charge in [0.05, 0.1) is 0 Å². The predicted octanol–water partition coefficient (Wildman–Crippen LogP) is 1.91. The number of carbonyl (C=O) groups excluding carboxylic acids is 2. The SMILES string of the molecule is O=C1C2=C(CCCC2)C(=O)N1c1[nH]cc(Cl)c(=O)c1F. The molecule has 7 heteroatoms. The summed E-state index contributed by atoms with van der Waals surface area (Å²) < 4.78 is 13.9. The van der Waals surface area contributed by atoms with Crippen LogP contribution in [0, 0.1) is 5.82 Å². The second kappa shape index (κ2) is 4.56. The minimum Gasteiger partial charge on any atom is -0.343 e. The van der Waals surface area contributed by atoms with Gasteiger partial charge in [-0.05, 0) is 25.7 Å². The average molecular weight is 297 g/mol. The molecule has 2 aliphatic rings. The van der Waals surface area contributed by atoms with Gasteiger partial charge in [0.1, 0.15) is 5.02 Å². The molecule has 0 unspecified atom stereocenters. The number of aromatic nitrogens is 1. The smallest absolute Gasteiger partial charge is 0.262 e. The first kappa shape index (κ1) is 13.1. The van der Waals surface area contributed by atoms with E-state index in [1.807, 2.05) is 0 Å². The van der Waals surface area contributed by atoms with Gasteiger partial charge in [0.2, 0.25) is 11.2 Å². The minimum atomic E-state index is -1.22. The summed E-state index contributed by atoms with van der Waals surface area (Å²) in [7, 11) is 0. The van der Waals surface area contributed by atoms with Gasteiger partial charge < -0.3 is 4.98 Å². The van der Waals surface area contributed by atoms with Crippen molar-refractivity contribution < 1.29 is 14.0 Å². The molecule has 2 heterocycles. The highest BCUT2D eigenvalue weighted by atomic mass is 35.5. The Labute approximate surface area is 118 Å². The monoisotopic (exact) mass is 296 g/mol. The van der Waals surface area contributed by atoms with Gasteiger partial charge >= 0.3 is 0 Å². The molecular weight excluding hydrogens is 287 g/mol. The number of pyridine rings is 1. The van der Waals surface area contributed by atoms with Gasteiger partial charge in [-0.25, -0.2) is 4.90 Å². The fourth-order valence-electron chi connectivity index (χ4n) is 2.58. The zero-order valence-electron chi connectivity index (χ0n) is 10.3. The molecule has 0 fully saturated rings. The number of amides is 2. The maximum absolute atomic E-state index is 13.9. The van der Waals surface area contributed by atoms with Crippen LogP contribution in [0.15, 0.2) is 22.1 Å². The van der Waals surface area contributed by atoms with E-state index in [0.29, 0.717) is 28.9 Å². The van der Waals surface area contributed by atoms with Crippen LogP contribution in [-0.2, 0) is 9.59 Å². The first-order valence-electron chi connectivity index (χ1n) is 6.20. The molecule has 104 valence electrons. The third-order valence-electron chi connectivity index (χ3n) is 3.57. The zero-order chi connectivity index (χ0) is 14.4. The molecule has 0 bridgehead atoms. The fourth-order valence-corrected chi connectivity index (χ4v) is 2.72. The largest absolute Gasteiger partial charge is 0.343 e. The number of imide groups is 1. The summed E-state index contributed by atoms with van der Waals surface area (Å²) in [6.45, 7) is 0. The van der Waals surface area contributed by atoms with Crippen LogP contribution in [0.25, 0.3) is 0 Å². The number of carbonyl (C=O) groups is 2. The lowest BCUT2D eigenvalue weighted by Gasteiger charge is -2.15.